The molecule has 0 saturated heterocycles. The van der Waals surface area contributed by atoms with Gasteiger partial charge in [0.05, 0.1) is 18.8 Å². The van der Waals surface area contributed by atoms with Gasteiger partial charge >= 0.3 is 5.97 Å². The predicted molar refractivity (Wildman–Crippen MR) is 149 cm³/mol. The average Bonchev–Trinajstić information content (AvgIpc) is 3.56. The largest absolute Gasteiger partial charge is 0.480 e. The van der Waals surface area contributed by atoms with E-state index in [1.807, 2.05) is 38.1 Å². The van der Waals surface area contributed by atoms with Gasteiger partial charge in [-0.05, 0) is 24.0 Å². The van der Waals surface area contributed by atoms with Crippen molar-refractivity contribution in [2.24, 2.45) is 17.4 Å². The molecule has 0 aliphatic rings. The molecular weight excluding hydrogens is 532 g/mol. The van der Waals surface area contributed by atoms with Crippen LogP contribution in [-0.2, 0) is 36.8 Å². The quantitative estimate of drug-likeness (QED) is 0.118. The van der Waals surface area contributed by atoms with Gasteiger partial charge in [-0.2, -0.15) is 0 Å². The Morgan fingerprint density at radius 1 is 0.927 bits per heavy atom. The van der Waals surface area contributed by atoms with E-state index in [1.54, 1.807) is 6.20 Å². The van der Waals surface area contributed by atoms with E-state index in [-0.39, 0.29) is 25.2 Å². The number of hydrogen-bond acceptors (Lipinski definition) is 7. The summed E-state index contributed by atoms with van der Waals surface area (Å²) in [5.41, 5.74) is 13.4. The molecule has 220 valence electrons. The number of carboxylic acids is 1. The van der Waals surface area contributed by atoms with Gasteiger partial charge in [-0.25, -0.2) is 9.78 Å². The molecule has 4 amide bonds. The van der Waals surface area contributed by atoms with E-state index in [0.29, 0.717) is 11.3 Å². The third-order valence-electron chi connectivity index (χ3n) is 6.42. The normalized spacial score (nSPS) is 14.1. The number of para-hydroxylation sites is 1. The predicted octanol–water partition coefficient (Wildman–Crippen LogP) is -0.536. The maximum atomic E-state index is 13.3. The summed E-state index contributed by atoms with van der Waals surface area (Å²) in [4.78, 5) is 72.6. The Kier molecular flexibility index (Phi) is 10.6. The van der Waals surface area contributed by atoms with Crippen molar-refractivity contribution in [3.8, 4) is 0 Å². The van der Waals surface area contributed by atoms with Gasteiger partial charge < -0.3 is 42.5 Å². The first-order valence-electron chi connectivity index (χ1n) is 13.1. The van der Waals surface area contributed by atoms with Crippen LogP contribution in [0.4, 0.5) is 0 Å². The van der Waals surface area contributed by atoms with Gasteiger partial charge in [-0.3, -0.25) is 19.2 Å². The molecule has 4 unspecified atom stereocenters. The van der Waals surface area contributed by atoms with Crippen molar-refractivity contribution in [2.45, 2.75) is 63.7 Å². The second-order valence-electron chi connectivity index (χ2n) is 10.3. The Balaban J connectivity index is 1.71. The Bertz CT molecular complexity index is 1370. The summed E-state index contributed by atoms with van der Waals surface area (Å²) in [5, 5.41) is 18.2. The van der Waals surface area contributed by atoms with E-state index in [0.717, 1.165) is 10.9 Å². The highest BCUT2D eigenvalue weighted by molar-refractivity contribution is 5.96. The van der Waals surface area contributed by atoms with Gasteiger partial charge in [0, 0.05) is 41.8 Å². The Labute approximate surface area is 236 Å². The number of fused-ring (bicyclic) bond motifs is 1. The van der Waals surface area contributed by atoms with E-state index >= 15 is 0 Å². The first-order chi connectivity index (χ1) is 19.4. The number of rotatable bonds is 15. The van der Waals surface area contributed by atoms with Crippen molar-refractivity contribution in [1.29, 1.82) is 0 Å². The molecular formula is C27H36N8O6. The van der Waals surface area contributed by atoms with Gasteiger partial charge in [0.25, 0.3) is 0 Å². The second-order valence-corrected chi connectivity index (χ2v) is 10.3. The molecule has 0 spiro atoms. The number of carbonyl (C=O) groups excluding carboxylic acids is 4. The molecule has 3 rings (SSSR count). The molecule has 14 nitrogen and oxygen atoms in total. The summed E-state index contributed by atoms with van der Waals surface area (Å²) >= 11 is 0. The van der Waals surface area contributed by atoms with E-state index < -0.39 is 60.2 Å². The van der Waals surface area contributed by atoms with Crippen molar-refractivity contribution in [3.05, 3.63) is 54.2 Å². The molecule has 10 N–H and O–H groups in total. The fourth-order valence-corrected chi connectivity index (χ4v) is 4.38. The fourth-order valence-electron chi connectivity index (χ4n) is 4.38. The van der Waals surface area contributed by atoms with E-state index in [2.05, 4.69) is 30.9 Å². The zero-order chi connectivity index (χ0) is 30.1. The van der Waals surface area contributed by atoms with Crippen LogP contribution >= 0.6 is 0 Å². The smallest absolute Gasteiger partial charge is 0.326 e. The molecule has 0 bridgehead atoms. The van der Waals surface area contributed by atoms with E-state index in [1.165, 1.54) is 12.5 Å². The fraction of sp³-hybridized carbons (Fsp3) is 0.407. The zero-order valence-corrected chi connectivity index (χ0v) is 22.8. The van der Waals surface area contributed by atoms with Crippen LogP contribution in [0.5, 0.6) is 0 Å². The second kappa shape index (κ2) is 14.1. The topological polar surface area (TPSA) is 238 Å². The third kappa shape index (κ3) is 8.89. The maximum Gasteiger partial charge on any atom is 0.326 e. The van der Waals surface area contributed by atoms with Crippen molar-refractivity contribution >= 4 is 40.5 Å². The molecule has 0 fully saturated rings. The molecule has 41 heavy (non-hydrogen) atoms. The molecule has 0 aliphatic carbocycles. The number of nitrogens with two attached hydrogens (primary N) is 2. The number of nitrogens with one attached hydrogen (secondary N) is 5. The lowest BCUT2D eigenvalue weighted by molar-refractivity contribution is -0.142. The zero-order valence-electron chi connectivity index (χ0n) is 22.8. The summed E-state index contributed by atoms with van der Waals surface area (Å²) in [6.07, 6.45) is 4.34. The van der Waals surface area contributed by atoms with Crippen molar-refractivity contribution in [3.63, 3.8) is 0 Å². The number of carboxylic acid groups (broad SMARTS) is 1. The molecule has 4 atom stereocenters. The molecule has 14 heteroatoms. The van der Waals surface area contributed by atoms with Crippen molar-refractivity contribution < 1.29 is 29.1 Å². The number of aromatic nitrogens is 3. The first-order valence-corrected chi connectivity index (χ1v) is 13.1. The van der Waals surface area contributed by atoms with Crippen LogP contribution in [0.3, 0.4) is 0 Å². The Morgan fingerprint density at radius 3 is 2.22 bits per heavy atom. The summed E-state index contributed by atoms with van der Waals surface area (Å²) in [7, 11) is 0. The number of primary amides is 1. The minimum atomic E-state index is -1.41. The summed E-state index contributed by atoms with van der Waals surface area (Å²) in [5.74, 6) is -4.45. The Morgan fingerprint density at radius 2 is 1.59 bits per heavy atom. The van der Waals surface area contributed by atoms with E-state index in [9.17, 15) is 29.1 Å². The van der Waals surface area contributed by atoms with Crippen LogP contribution in [0, 0.1) is 5.92 Å². The number of nitrogens with zero attached hydrogens (tertiary/aromatic N) is 1. The number of benzene rings is 1. The summed E-state index contributed by atoms with van der Waals surface area (Å²) < 4.78 is 0. The van der Waals surface area contributed by atoms with Gasteiger partial charge in [0.2, 0.25) is 23.6 Å². The highest BCUT2D eigenvalue weighted by atomic mass is 16.4. The molecule has 2 aromatic heterocycles. The molecule has 0 aliphatic heterocycles. The number of amides is 4. The first kappa shape index (κ1) is 30.8. The summed E-state index contributed by atoms with van der Waals surface area (Å²) in [6, 6.07) is 2.47. The van der Waals surface area contributed by atoms with Crippen LogP contribution in [0.1, 0.15) is 37.9 Å². The molecule has 0 radical (unpaired) electrons. The number of carbonyl (C=O) groups is 5. The standard InChI is InChI=1S/C27H36N8O6/c1-14(2)7-20(25(38)35-22(27(40)41)8-15-11-31-19-6-4-3-5-17(15)19)34-26(39)21(10-23(29)36)33-24(37)18(28)9-16-12-30-13-32-16/h3-6,11-14,18,20-22,31H,7-10,28H2,1-2H3,(H2,29,36)(H,30,32)(H,33,37)(H,34,39)(H,35,38)(H,40,41). The lowest BCUT2D eigenvalue weighted by Crippen LogP contribution is -2.58. The van der Waals surface area contributed by atoms with Crippen LogP contribution in [-0.4, -0.2) is 73.8 Å². The van der Waals surface area contributed by atoms with Crippen molar-refractivity contribution in [1.82, 2.24) is 30.9 Å². The van der Waals surface area contributed by atoms with Gasteiger partial charge in [0.1, 0.15) is 18.1 Å². The van der Waals surface area contributed by atoms with Crippen LogP contribution in [0.2, 0.25) is 0 Å². The number of imidazole rings is 1. The number of hydrogen-bond donors (Lipinski definition) is 8. The SMILES string of the molecule is CC(C)CC(NC(=O)C(CC(N)=O)NC(=O)C(N)Cc1cnc[nH]1)C(=O)NC(Cc1c[nH]c2ccccc12)C(=O)O. The monoisotopic (exact) mass is 568 g/mol. The number of aromatic amines is 2. The minimum Gasteiger partial charge on any atom is -0.480 e. The average molecular weight is 569 g/mol. The molecule has 3 aromatic rings. The third-order valence-corrected chi connectivity index (χ3v) is 6.42. The lowest BCUT2D eigenvalue weighted by atomic mass is 10.0. The van der Waals surface area contributed by atoms with Gasteiger partial charge in [-0.1, -0.05) is 32.0 Å². The molecule has 1 aromatic carbocycles. The number of aliphatic carboxylic acids is 1. The van der Waals surface area contributed by atoms with Crippen LogP contribution in [0.25, 0.3) is 10.9 Å². The maximum absolute atomic E-state index is 13.3. The van der Waals surface area contributed by atoms with Gasteiger partial charge in [0.15, 0.2) is 0 Å². The minimum absolute atomic E-state index is 0.00199. The van der Waals surface area contributed by atoms with Crippen LogP contribution in [0.15, 0.2) is 43.0 Å². The van der Waals surface area contributed by atoms with E-state index in [4.69, 9.17) is 11.5 Å². The van der Waals surface area contributed by atoms with Gasteiger partial charge in [-0.15, -0.1) is 0 Å². The molecule has 0 saturated carbocycles. The molecule has 2 heterocycles. The number of H-pyrrole nitrogens is 2. The van der Waals surface area contributed by atoms with Crippen LogP contribution < -0.4 is 27.4 Å². The Hall–Kier alpha value is -4.72. The lowest BCUT2D eigenvalue weighted by Gasteiger charge is -2.25. The highest BCUT2D eigenvalue weighted by Crippen LogP contribution is 2.19. The highest BCUT2D eigenvalue weighted by Gasteiger charge is 2.32. The van der Waals surface area contributed by atoms with Crippen molar-refractivity contribution in [2.75, 3.05) is 0 Å². The summed E-state index contributed by atoms with van der Waals surface area (Å²) in [6.45, 7) is 3.65.